The molecule has 2 aliphatic heterocycles. The molecule has 0 aromatic heterocycles. The van der Waals surface area contributed by atoms with Crippen molar-refractivity contribution in [3.63, 3.8) is 0 Å². The maximum absolute atomic E-state index is 13.0. The third-order valence-electron chi connectivity index (χ3n) is 7.83. The van der Waals surface area contributed by atoms with Gasteiger partial charge < -0.3 is 10.2 Å². The Hall–Kier alpha value is -2.84. The molecule has 2 heterocycles. The van der Waals surface area contributed by atoms with E-state index >= 15 is 0 Å². The summed E-state index contributed by atoms with van der Waals surface area (Å²) < 4.78 is 0. The van der Waals surface area contributed by atoms with Gasteiger partial charge in [0.15, 0.2) is 0 Å². The third-order valence-corrected chi connectivity index (χ3v) is 7.83. The van der Waals surface area contributed by atoms with Crippen LogP contribution in [0.4, 0.5) is 5.69 Å². The predicted molar refractivity (Wildman–Crippen MR) is 124 cm³/mol. The minimum absolute atomic E-state index is 0. The van der Waals surface area contributed by atoms with Gasteiger partial charge in [-0.15, -0.1) is 0 Å². The van der Waals surface area contributed by atoms with Gasteiger partial charge in [0, 0.05) is 26.1 Å². The van der Waals surface area contributed by atoms with Crippen LogP contribution in [-0.4, -0.2) is 41.6 Å². The molecule has 0 radical (unpaired) electrons. The van der Waals surface area contributed by atoms with Gasteiger partial charge in [-0.3, -0.25) is 9.69 Å². The van der Waals surface area contributed by atoms with E-state index in [1.165, 1.54) is 12.0 Å². The standard InChI is InChI=1S/C26H30N4O.H2/c27-19-26(14-8-7-13-23(26)21-9-3-1-4-10-21)29-17-15-25(16-18-29)24(31)28-20-30(25)22-11-5-2-6-12-22;/h1-6,9-12,23H,7-8,13-18,20H2,(H,28,31);1H. The van der Waals surface area contributed by atoms with Crippen LogP contribution in [0.5, 0.6) is 0 Å². The Bertz CT molecular complexity index is 968. The van der Waals surface area contributed by atoms with Crippen LogP contribution in [0.3, 0.4) is 0 Å². The van der Waals surface area contributed by atoms with Gasteiger partial charge in [0.05, 0.1) is 12.7 Å². The van der Waals surface area contributed by atoms with Crippen LogP contribution in [-0.2, 0) is 4.79 Å². The van der Waals surface area contributed by atoms with Crippen molar-refractivity contribution in [2.75, 3.05) is 24.7 Å². The fourth-order valence-corrected chi connectivity index (χ4v) is 6.18. The molecule has 1 N–H and O–H groups in total. The molecule has 2 unspecified atom stereocenters. The highest BCUT2D eigenvalue weighted by Gasteiger charge is 2.54. The number of nitrogens with zero attached hydrogens (tertiary/aromatic N) is 3. The van der Waals surface area contributed by atoms with Crippen molar-refractivity contribution >= 4 is 11.6 Å². The molecule has 2 aromatic carbocycles. The second-order valence-electron chi connectivity index (χ2n) is 9.19. The number of nitriles is 1. The van der Waals surface area contributed by atoms with Crippen LogP contribution in [0.15, 0.2) is 60.7 Å². The molecule has 2 saturated heterocycles. The van der Waals surface area contributed by atoms with Crippen molar-refractivity contribution in [1.82, 2.24) is 10.2 Å². The number of nitrogens with one attached hydrogen (secondary N) is 1. The SMILES string of the molecule is N#CC1(N2CCC3(CC2)C(=O)NCN3c2ccccc2)CCCCC1c1ccccc1.[HH]. The van der Waals surface area contributed by atoms with Gasteiger partial charge in [-0.1, -0.05) is 61.4 Å². The van der Waals surface area contributed by atoms with Crippen LogP contribution in [0.2, 0.25) is 0 Å². The molecule has 31 heavy (non-hydrogen) atoms. The summed E-state index contributed by atoms with van der Waals surface area (Å²) in [4.78, 5) is 17.7. The Morgan fingerprint density at radius 1 is 0.968 bits per heavy atom. The first-order valence-electron chi connectivity index (χ1n) is 11.5. The topological polar surface area (TPSA) is 59.4 Å². The molecular weight excluding hydrogens is 384 g/mol. The second-order valence-corrected chi connectivity index (χ2v) is 9.19. The number of amides is 1. The normalized spacial score (nSPS) is 28.3. The van der Waals surface area contributed by atoms with E-state index in [0.29, 0.717) is 6.67 Å². The molecule has 3 aliphatic rings. The lowest BCUT2D eigenvalue weighted by molar-refractivity contribution is -0.125. The largest absolute Gasteiger partial charge is 0.339 e. The summed E-state index contributed by atoms with van der Waals surface area (Å²) >= 11 is 0. The molecule has 1 amide bonds. The van der Waals surface area contributed by atoms with Gasteiger partial charge in [0.1, 0.15) is 11.1 Å². The van der Waals surface area contributed by atoms with Crippen LogP contribution in [0.1, 0.15) is 51.4 Å². The minimum atomic E-state index is -0.509. The second kappa shape index (κ2) is 8.01. The first-order chi connectivity index (χ1) is 15.2. The van der Waals surface area contributed by atoms with Gasteiger partial charge in [0.2, 0.25) is 5.91 Å². The predicted octanol–water partition coefficient (Wildman–Crippen LogP) is 4.28. The molecule has 1 saturated carbocycles. The first-order valence-corrected chi connectivity index (χ1v) is 11.5. The summed E-state index contributed by atoms with van der Waals surface area (Å²) in [6, 6.07) is 23.6. The highest BCUT2D eigenvalue weighted by Crippen LogP contribution is 2.47. The molecule has 5 rings (SSSR count). The highest BCUT2D eigenvalue weighted by molar-refractivity contribution is 5.93. The van der Waals surface area contributed by atoms with E-state index in [0.717, 1.165) is 50.9 Å². The fraction of sp³-hybridized carbons (Fsp3) is 0.462. The number of hydrogen-bond donors (Lipinski definition) is 1. The maximum Gasteiger partial charge on any atom is 0.247 e. The number of rotatable bonds is 3. The number of piperidine rings is 1. The average Bonchev–Trinajstić information content (AvgIpc) is 3.15. The number of carbonyl (C=O) groups is 1. The summed E-state index contributed by atoms with van der Waals surface area (Å²) in [5.74, 6) is 0.356. The van der Waals surface area contributed by atoms with Crippen molar-refractivity contribution in [2.24, 2.45) is 0 Å². The Morgan fingerprint density at radius 3 is 2.32 bits per heavy atom. The number of benzene rings is 2. The Kier molecular flexibility index (Phi) is 5.19. The summed E-state index contributed by atoms with van der Waals surface area (Å²) in [5.41, 5.74) is 1.37. The summed E-state index contributed by atoms with van der Waals surface area (Å²) in [5, 5.41) is 13.6. The smallest absolute Gasteiger partial charge is 0.247 e. The Balaban J connectivity index is 0.00000245. The number of para-hydroxylation sites is 1. The van der Waals surface area contributed by atoms with E-state index in [1.807, 2.05) is 24.3 Å². The van der Waals surface area contributed by atoms with Crippen molar-refractivity contribution in [2.45, 2.75) is 55.5 Å². The number of hydrogen-bond acceptors (Lipinski definition) is 4. The lowest BCUT2D eigenvalue weighted by Gasteiger charge is -2.52. The van der Waals surface area contributed by atoms with Gasteiger partial charge >= 0.3 is 0 Å². The zero-order valence-corrected chi connectivity index (χ0v) is 18.0. The van der Waals surface area contributed by atoms with E-state index in [-0.39, 0.29) is 13.3 Å². The number of carbonyl (C=O) groups excluding carboxylic acids is 1. The number of anilines is 1. The van der Waals surface area contributed by atoms with Crippen LogP contribution >= 0.6 is 0 Å². The summed E-state index contributed by atoms with van der Waals surface area (Å²) in [6.07, 6.45) is 5.72. The van der Waals surface area contributed by atoms with Crippen LogP contribution in [0.25, 0.3) is 0 Å². The molecule has 2 atom stereocenters. The van der Waals surface area contributed by atoms with E-state index in [9.17, 15) is 10.1 Å². The molecule has 5 heteroatoms. The summed E-state index contributed by atoms with van der Waals surface area (Å²) in [6.45, 7) is 2.10. The monoisotopic (exact) mass is 416 g/mol. The minimum Gasteiger partial charge on any atom is -0.339 e. The zero-order chi connectivity index (χ0) is 21.3. The molecule has 2 aromatic rings. The Morgan fingerprint density at radius 2 is 1.65 bits per heavy atom. The van der Waals surface area contributed by atoms with Gasteiger partial charge in [-0.2, -0.15) is 5.26 Å². The molecule has 5 nitrogen and oxygen atoms in total. The zero-order valence-electron chi connectivity index (χ0n) is 18.0. The molecule has 162 valence electrons. The van der Waals surface area contributed by atoms with Crippen molar-refractivity contribution < 1.29 is 6.22 Å². The molecule has 3 fully saturated rings. The molecule has 1 spiro atoms. The Labute approximate surface area is 186 Å². The molecule has 0 bridgehead atoms. The number of likely N-dealkylation sites (tertiary alicyclic amines) is 1. The van der Waals surface area contributed by atoms with Crippen molar-refractivity contribution in [3.05, 3.63) is 66.2 Å². The lowest BCUT2D eigenvalue weighted by atomic mass is 9.68. The van der Waals surface area contributed by atoms with Gasteiger partial charge in [0.25, 0.3) is 0 Å². The first kappa shape index (κ1) is 20.1. The molecule has 1 aliphatic carbocycles. The van der Waals surface area contributed by atoms with Gasteiger partial charge in [-0.05, 0) is 43.4 Å². The lowest BCUT2D eigenvalue weighted by Crippen LogP contribution is -2.62. The van der Waals surface area contributed by atoms with E-state index in [1.54, 1.807) is 0 Å². The van der Waals surface area contributed by atoms with Crippen molar-refractivity contribution in [3.8, 4) is 6.07 Å². The van der Waals surface area contributed by atoms with E-state index < -0.39 is 11.1 Å². The van der Waals surface area contributed by atoms with Gasteiger partial charge in [-0.25, -0.2) is 0 Å². The maximum atomic E-state index is 13.0. The van der Waals surface area contributed by atoms with Crippen LogP contribution in [0, 0.1) is 11.3 Å². The quantitative estimate of drug-likeness (QED) is 0.811. The average molecular weight is 417 g/mol. The summed E-state index contributed by atoms with van der Waals surface area (Å²) in [7, 11) is 0. The van der Waals surface area contributed by atoms with E-state index in [2.05, 4.69) is 57.6 Å². The molecular formula is C26H32N4O. The third kappa shape index (κ3) is 3.21. The van der Waals surface area contributed by atoms with E-state index in [4.69, 9.17) is 0 Å². The van der Waals surface area contributed by atoms with Crippen molar-refractivity contribution in [1.29, 1.82) is 5.26 Å². The fourth-order valence-electron chi connectivity index (χ4n) is 6.18. The highest BCUT2D eigenvalue weighted by atomic mass is 16.2. The van der Waals surface area contributed by atoms with Crippen LogP contribution < -0.4 is 10.2 Å².